The van der Waals surface area contributed by atoms with Gasteiger partial charge in [-0.25, -0.2) is 4.39 Å². The summed E-state index contributed by atoms with van der Waals surface area (Å²) in [5.74, 6) is -0.259. The van der Waals surface area contributed by atoms with E-state index in [1.165, 1.54) is 12.1 Å². The van der Waals surface area contributed by atoms with Crippen LogP contribution < -0.4 is 0 Å². The van der Waals surface area contributed by atoms with Crippen molar-refractivity contribution < 1.29 is 14.0 Å². The van der Waals surface area contributed by atoms with Crippen LogP contribution in [0.15, 0.2) is 53.0 Å². The predicted octanol–water partition coefficient (Wildman–Crippen LogP) is 4.03. The van der Waals surface area contributed by atoms with E-state index in [0.29, 0.717) is 44.6 Å². The molecule has 5 nitrogen and oxygen atoms in total. The lowest BCUT2D eigenvalue weighted by Crippen LogP contribution is -2.45. The lowest BCUT2D eigenvalue weighted by molar-refractivity contribution is -0.137. The van der Waals surface area contributed by atoms with Gasteiger partial charge < -0.3 is 14.7 Å². The third-order valence-electron chi connectivity index (χ3n) is 5.64. The highest BCUT2D eigenvalue weighted by molar-refractivity contribution is 9.10. The highest BCUT2D eigenvalue weighted by atomic mass is 79.9. The van der Waals surface area contributed by atoms with E-state index in [9.17, 15) is 14.0 Å². The van der Waals surface area contributed by atoms with Crippen molar-refractivity contribution in [2.75, 3.05) is 40.3 Å². The van der Waals surface area contributed by atoms with Crippen LogP contribution in [0.25, 0.3) is 0 Å². The Morgan fingerprint density at radius 2 is 1.61 bits per heavy atom. The highest BCUT2D eigenvalue weighted by Gasteiger charge is 2.30. The quantitative estimate of drug-likeness (QED) is 0.589. The zero-order chi connectivity index (χ0) is 22.4. The Bertz CT molecular complexity index is 879. The van der Waals surface area contributed by atoms with Crippen molar-refractivity contribution in [3.8, 4) is 0 Å². The summed E-state index contributed by atoms with van der Waals surface area (Å²) in [6.45, 7) is 2.98. The Balaban J connectivity index is 1.61. The summed E-state index contributed by atoms with van der Waals surface area (Å²) in [5.41, 5.74) is 1.58. The van der Waals surface area contributed by atoms with Crippen molar-refractivity contribution in [1.82, 2.24) is 14.7 Å². The number of rotatable bonds is 7. The molecule has 0 spiro atoms. The first-order valence-electron chi connectivity index (χ1n) is 10.6. The lowest BCUT2D eigenvalue weighted by Gasteiger charge is -2.35. The van der Waals surface area contributed by atoms with Crippen LogP contribution in [0.3, 0.4) is 0 Å². The molecule has 0 unspecified atom stereocenters. The number of hydrogen-bond acceptors (Lipinski definition) is 3. The van der Waals surface area contributed by atoms with Crippen molar-refractivity contribution in [3.63, 3.8) is 0 Å². The molecule has 0 bridgehead atoms. The largest absolute Gasteiger partial charge is 0.339 e. The van der Waals surface area contributed by atoms with Gasteiger partial charge in [-0.05, 0) is 68.9 Å². The first-order valence-corrected chi connectivity index (χ1v) is 11.4. The van der Waals surface area contributed by atoms with Gasteiger partial charge >= 0.3 is 0 Å². The molecule has 0 aromatic heterocycles. The predicted molar refractivity (Wildman–Crippen MR) is 123 cm³/mol. The minimum Gasteiger partial charge on any atom is -0.339 e. The minimum atomic E-state index is -0.280. The van der Waals surface area contributed by atoms with Gasteiger partial charge in [0.05, 0.1) is 0 Å². The standard InChI is InChI=1S/C24H29BrFN3O2/c1-27(2)15-16-29(17-18-3-9-22(26)10-4-18)24(31)20-11-13-28(14-12-20)23(30)19-5-7-21(25)8-6-19/h3-10,20H,11-17H2,1-2H3. The molecule has 1 aliphatic rings. The molecule has 0 N–H and O–H groups in total. The van der Waals surface area contributed by atoms with E-state index in [1.54, 1.807) is 12.1 Å². The molecule has 1 aliphatic heterocycles. The monoisotopic (exact) mass is 489 g/mol. The van der Waals surface area contributed by atoms with Crippen molar-refractivity contribution in [2.24, 2.45) is 5.92 Å². The second-order valence-corrected chi connectivity index (χ2v) is 9.18. The molecule has 2 aromatic rings. The number of piperidine rings is 1. The number of halogens is 2. The maximum Gasteiger partial charge on any atom is 0.253 e. The van der Waals surface area contributed by atoms with E-state index in [0.717, 1.165) is 16.6 Å². The molecular weight excluding hydrogens is 461 g/mol. The fourth-order valence-electron chi connectivity index (χ4n) is 3.76. The van der Waals surface area contributed by atoms with Crippen molar-refractivity contribution in [2.45, 2.75) is 19.4 Å². The van der Waals surface area contributed by atoms with Gasteiger partial charge in [0.2, 0.25) is 5.91 Å². The smallest absolute Gasteiger partial charge is 0.253 e. The summed E-state index contributed by atoms with van der Waals surface area (Å²) >= 11 is 3.39. The molecule has 0 saturated carbocycles. The van der Waals surface area contributed by atoms with Gasteiger partial charge in [0, 0.05) is 48.7 Å². The zero-order valence-electron chi connectivity index (χ0n) is 18.1. The molecule has 0 radical (unpaired) electrons. The van der Waals surface area contributed by atoms with E-state index in [4.69, 9.17) is 0 Å². The van der Waals surface area contributed by atoms with E-state index in [-0.39, 0.29) is 23.5 Å². The van der Waals surface area contributed by atoms with Gasteiger partial charge in [-0.3, -0.25) is 9.59 Å². The molecule has 31 heavy (non-hydrogen) atoms. The summed E-state index contributed by atoms with van der Waals surface area (Å²) in [6.07, 6.45) is 1.31. The van der Waals surface area contributed by atoms with Crippen molar-refractivity contribution in [3.05, 3.63) is 69.9 Å². The summed E-state index contributed by atoms with van der Waals surface area (Å²) in [4.78, 5) is 31.8. The van der Waals surface area contributed by atoms with Crippen molar-refractivity contribution >= 4 is 27.7 Å². The summed E-state index contributed by atoms with van der Waals surface area (Å²) in [6, 6.07) is 13.7. The van der Waals surface area contributed by atoms with Gasteiger partial charge in [0.25, 0.3) is 5.91 Å². The van der Waals surface area contributed by atoms with Crippen LogP contribution in [0.4, 0.5) is 4.39 Å². The Morgan fingerprint density at radius 3 is 2.19 bits per heavy atom. The van der Waals surface area contributed by atoms with E-state index < -0.39 is 0 Å². The van der Waals surface area contributed by atoms with Crippen LogP contribution >= 0.6 is 15.9 Å². The van der Waals surface area contributed by atoms with Crippen LogP contribution in [0.2, 0.25) is 0 Å². The van der Waals surface area contributed by atoms with Crippen LogP contribution in [-0.4, -0.2) is 66.8 Å². The number of carbonyl (C=O) groups is 2. The number of nitrogens with zero attached hydrogens (tertiary/aromatic N) is 3. The fraction of sp³-hybridized carbons (Fsp3) is 0.417. The Hall–Kier alpha value is -2.25. The number of benzene rings is 2. The lowest BCUT2D eigenvalue weighted by atomic mass is 9.94. The first kappa shape index (κ1) is 23.4. The minimum absolute atomic E-state index is 0.00850. The summed E-state index contributed by atoms with van der Waals surface area (Å²) < 4.78 is 14.2. The third-order valence-corrected chi connectivity index (χ3v) is 6.17. The highest BCUT2D eigenvalue weighted by Crippen LogP contribution is 2.23. The third kappa shape index (κ3) is 6.61. The second-order valence-electron chi connectivity index (χ2n) is 8.26. The summed E-state index contributed by atoms with van der Waals surface area (Å²) in [7, 11) is 3.96. The van der Waals surface area contributed by atoms with E-state index in [1.807, 2.05) is 53.1 Å². The molecule has 1 saturated heterocycles. The molecule has 2 aromatic carbocycles. The SMILES string of the molecule is CN(C)CCN(Cc1ccc(F)cc1)C(=O)C1CCN(C(=O)c2ccc(Br)cc2)CC1. The van der Waals surface area contributed by atoms with Gasteiger partial charge in [-0.1, -0.05) is 28.1 Å². The Labute approximate surface area is 191 Å². The maximum atomic E-state index is 13.3. The van der Waals surface area contributed by atoms with Gasteiger partial charge in [0.15, 0.2) is 0 Å². The fourth-order valence-corrected chi connectivity index (χ4v) is 4.03. The Morgan fingerprint density at radius 1 is 1.00 bits per heavy atom. The van der Waals surface area contributed by atoms with Crippen LogP contribution in [0.1, 0.15) is 28.8 Å². The molecule has 166 valence electrons. The van der Waals surface area contributed by atoms with E-state index >= 15 is 0 Å². The Kier molecular flexibility index (Phi) is 8.21. The second kappa shape index (κ2) is 10.9. The maximum absolute atomic E-state index is 13.3. The number of hydrogen-bond donors (Lipinski definition) is 0. The average molecular weight is 490 g/mol. The molecule has 0 atom stereocenters. The molecule has 1 fully saturated rings. The van der Waals surface area contributed by atoms with Crippen LogP contribution in [-0.2, 0) is 11.3 Å². The topological polar surface area (TPSA) is 43.9 Å². The molecule has 0 aliphatic carbocycles. The van der Waals surface area contributed by atoms with Gasteiger partial charge in [-0.2, -0.15) is 0 Å². The number of likely N-dealkylation sites (tertiary alicyclic amines) is 1. The number of carbonyl (C=O) groups excluding carboxylic acids is 2. The molecule has 3 rings (SSSR count). The average Bonchev–Trinajstić information content (AvgIpc) is 2.77. The van der Waals surface area contributed by atoms with Crippen LogP contribution in [0, 0.1) is 11.7 Å². The first-order chi connectivity index (χ1) is 14.8. The molecule has 2 amide bonds. The number of amides is 2. The summed E-state index contributed by atoms with van der Waals surface area (Å²) in [5, 5.41) is 0. The normalized spacial score (nSPS) is 14.7. The number of likely N-dealkylation sites (N-methyl/N-ethyl adjacent to an activating group) is 1. The van der Waals surface area contributed by atoms with Gasteiger partial charge in [-0.15, -0.1) is 0 Å². The van der Waals surface area contributed by atoms with Crippen molar-refractivity contribution in [1.29, 1.82) is 0 Å². The molecular formula is C24H29BrFN3O2. The molecule has 1 heterocycles. The molecule has 7 heteroatoms. The van der Waals surface area contributed by atoms with Gasteiger partial charge in [0.1, 0.15) is 5.82 Å². The zero-order valence-corrected chi connectivity index (χ0v) is 19.6. The van der Waals surface area contributed by atoms with Crippen LogP contribution in [0.5, 0.6) is 0 Å². The van der Waals surface area contributed by atoms with E-state index in [2.05, 4.69) is 15.9 Å².